The van der Waals surface area contributed by atoms with Gasteiger partial charge in [0, 0.05) is 24.4 Å². The highest BCUT2D eigenvalue weighted by molar-refractivity contribution is 7.08. The van der Waals surface area contributed by atoms with Crippen molar-refractivity contribution in [2.75, 3.05) is 13.1 Å². The zero-order valence-corrected chi connectivity index (χ0v) is 10.7. The Bertz CT molecular complexity index is 448. The Morgan fingerprint density at radius 1 is 1.47 bits per heavy atom. The third kappa shape index (κ3) is 2.20. The molecule has 5 heteroatoms. The molecule has 1 aliphatic rings. The monoisotopic (exact) mass is 253 g/mol. The van der Waals surface area contributed by atoms with Crippen molar-refractivity contribution in [3.8, 4) is 0 Å². The summed E-state index contributed by atoms with van der Waals surface area (Å²) in [7, 11) is 0. The molecule has 4 nitrogen and oxygen atoms in total. The Balaban J connectivity index is 1.95. The molecule has 2 heterocycles. The maximum Gasteiger partial charge on any atom is 0.306 e. The first kappa shape index (κ1) is 12.1. The van der Waals surface area contributed by atoms with Crippen LogP contribution in [0.3, 0.4) is 0 Å². The topological polar surface area (TPSA) is 57.6 Å². The van der Waals surface area contributed by atoms with Crippen molar-refractivity contribution >= 4 is 23.2 Å². The van der Waals surface area contributed by atoms with Crippen molar-refractivity contribution in [1.29, 1.82) is 0 Å². The number of aryl methyl sites for hydroxylation is 1. The number of carbonyl (C=O) groups excluding carboxylic acids is 1. The number of aliphatic carboxylic acids is 1. The predicted molar refractivity (Wildman–Crippen MR) is 65.2 cm³/mol. The van der Waals surface area contributed by atoms with E-state index in [9.17, 15) is 9.59 Å². The highest BCUT2D eigenvalue weighted by atomic mass is 32.1. The Morgan fingerprint density at radius 3 is 2.59 bits per heavy atom. The second-order valence-corrected chi connectivity index (χ2v) is 5.31. The Morgan fingerprint density at radius 2 is 2.12 bits per heavy atom. The molecule has 1 atom stereocenters. The Kier molecular flexibility index (Phi) is 3.19. The van der Waals surface area contributed by atoms with E-state index < -0.39 is 5.97 Å². The van der Waals surface area contributed by atoms with Crippen LogP contribution >= 0.6 is 11.3 Å². The lowest BCUT2D eigenvalue weighted by Crippen LogP contribution is -2.53. The van der Waals surface area contributed by atoms with Crippen LogP contribution in [0.5, 0.6) is 0 Å². The molecule has 1 saturated heterocycles. The van der Waals surface area contributed by atoms with Crippen LogP contribution < -0.4 is 0 Å². The van der Waals surface area contributed by atoms with Crippen LogP contribution in [0.25, 0.3) is 0 Å². The van der Waals surface area contributed by atoms with E-state index in [4.69, 9.17) is 5.11 Å². The largest absolute Gasteiger partial charge is 0.481 e. The molecule has 0 radical (unpaired) electrons. The number of rotatable bonds is 3. The SMILES string of the molecule is Cc1cscc1C(=O)N1CC(C(C)C(=O)O)C1. The van der Waals surface area contributed by atoms with Gasteiger partial charge in [0.15, 0.2) is 0 Å². The molecule has 1 fully saturated rings. The van der Waals surface area contributed by atoms with Gasteiger partial charge >= 0.3 is 5.97 Å². The number of likely N-dealkylation sites (tertiary alicyclic amines) is 1. The molecule has 2 rings (SSSR count). The summed E-state index contributed by atoms with van der Waals surface area (Å²) in [5.74, 6) is -1.04. The molecule has 1 unspecified atom stereocenters. The summed E-state index contributed by atoms with van der Waals surface area (Å²) >= 11 is 1.52. The molecule has 1 aromatic rings. The van der Waals surface area contributed by atoms with Gasteiger partial charge in [-0.25, -0.2) is 0 Å². The smallest absolute Gasteiger partial charge is 0.306 e. The van der Waals surface area contributed by atoms with Gasteiger partial charge in [-0.05, 0) is 17.9 Å². The molecule has 17 heavy (non-hydrogen) atoms. The second-order valence-electron chi connectivity index (χ2n) is 4.57. The van der Waals surface area contributed by atoms with Crippen molar-refractivity contribution in [2.45, 2.75) is 13.8 Å². The molecule has 1 amide bonds. The number of hydrogen-bond donors (Lipinski definition) is 1. The van der Waals surface area contributed by atoms with E-state index >= 15 is 0 Å². The molecular formula is C12H15NO3S. The Labute approximate surface area is 104 Å². The number of nitrogens with zero attached hydrogens (tertiary/aromatic N) is 1. The lowest BCUT2D eigenvalue weighted by Gasteiger charge is -2.41. The first-order valence-corrected chi connectivity index (χ1v) is 6.50. The molecule has 1 aliphatic heterocycles. The zero-order chi connectivity index (χ0) is 12.6. The average Bonchev–Trinajstić information content (AvgIpc) is 2.61. The van der Waals surface area contributed by atoms with E-state index in [0.29, 0.717) is 13.1 Å². The Hall–Kier alpha value is -1.36. The fourth-order valence-corrected chi connectivity index (χ4v) is 2.77. The average molecular weight is 253 g/mol. The lowest BCUT2D eigenvalue weighted by molar-refractivity contribution is -0.144. The van der Waals surface area contributed by atoms with Crippen LogP contribution in [-0.4, -0.2) is 35.0 Å². The maximum absolute atomic E-state index is 12.0. The minimum Gasteiger partial charge on any atom is -0.481 e. The molecule has 0 aromatic carbocycles. The summed E-state index contributed by atoms with van der Waals surface area (Å²) in [6.45, 7) is 4.73. The molecule has 0 spiro atoms. The van der Waals surface area contributed by atoms with Crippen LogP contribution in [0.1, 0.15) is 22.8 Å². The molecular weight excluding hydrogens is 238 g/mol. The van der Waals surface area contributed by atoms with E-state index in [1.54, 1.807) is 11.8 Å². The van der Waals surface area contributed by atoms with E-state index in [1.807, 2.05) is 17.7 Å². The van der Waals surface area contributed by atoms with Gasteiger partial charge < -0.3 is 10.0 Å². The third-order valence-corrected chi connectivity index (χ3v) is 4.24. The van der Waals surface area contributed by atoms with E-state index in [2.05, 4.69) is 0 Å². The third-order valence-electron chi connectivity index (χ3n) is 3.38. The van der Waals surface area contributed by atoms with Gasteiger partial charge in [0.05, 0.1) is 11.5 Å². The highest BCUT2D eigenvalue weighted by Gasteiger charge is 2.37. The van der Waals surface area contributed by atoms with Crippen molar-refractivity contribution in [3.05, 3.63) is 21.9 Å². The number of thiophene rings is 1. The van der Waals surface area contributed by atoms with Gasteiger partial charge in [-0.1, -0.05) is 6.92 Å². The van der Waals surface area contributed by atoms with Gasteiger partial charge in [0.25, 0.3) is 5.91 Å². The van der Waals surface area contributed by atoms with Crippen LogP contribution in [-0.2, 0) is 4.79 Å². The van der Waals surface area contributed by atoms with Crippen LogP contribution in [0, 0.1) is 18.8 Å². The maximum atomic E-state index is 12.0. The number of carboxylic acid groups (broad SMARTS) is 1. The summed E-state index contributed by atoms with van der Waals surface area (Å²) in [5, 5.41) is 12.7. The molecule has 0 bridgehead atoms. The van der Waals surface area contributed by atoms with Gasteiger partial charge in [-0.15, -0.1) is 0 Å². The van der Waals surface area contributed by atoms with Crippen LogP contribution in [0.2, 0.25) is 0 Å². The molecule has 0 saturated carbocycles. The number of carboxylic acids is 1. The van der Waals surface area contributed by atoms with Crippen LogP contribution in [0.4, 0.5) is 0 Å². The van der Waals surface area contributed by atoms with Crippen molar-refractivity contribution in [1.82, 2.24) is 4.90 Å². The molecule has 1 aromatic heterocycles. The first-order valence-electron chi connectivity index (χ1n) is 5.55. The van der Waals surface area contributed by atoms with Gasteiger partial charge in [0.2, 0.25) is 0 Å². The summed E-state index contributed by atoms with van der Waals surface area (Å²) in [5.41, 5.74) is 1.74. The van der Waals surface area contributed by atoms with Crippen molar-refractivity contribution < 1.29 is 14.7 Å². The molecule has 92 valence electrons. The van der Waals surface area contributed by atoms with Crippen molar-refractivity contribution in [3.63, 3.8) is 0 Å². The van der Waals surface area contributed by atoms with E-state index in [1.165, 1.54) is 11.3 Å². The predicted octanol–water partition coefficient (Wildman–Crippen LogP) is 1.85. The number of amides is 1. The van der Waals surface area contributed by atoms with Crippen LogP contribution in [0.15, 0.2) is 10.8 Å². The molecule has 0 aliphatic carbocycles. The van der Waals surface area contributed by atoms with E-state index in [-0.39, 0.29) is 17.7 Å². The summed E-state index contributed by atoms with van der Waals surface area (Å²) in [6.07, 6.45) is 0. The minimum atomic E-state index is -0.784. The molecule has 1 N–H and O–H groups in total. The normalized spacial score (nSPS) is 17.6. The van der Waals surface area contributed by atoms with Gasteiger partial charge in [-0.3, -0.25) is 9.59 Å². The fraction of sp³-hybridized carbons (Fsp3) is 0.500. The minimum absolute atomic E-state index is 0.0255. The van der Waals surface area contributed by atoms with Gasteiger partial charge in [0.1, 0.15) is 0 Å². The highest BCUT2D eigenvalue weighted by Crippen LogP contribution is 2.27. The fourth-order valence-electron chi connectivity index (χ4n) is 1.95. The second kappa shape index (κ2) is 4.49. The number of hydrogen-bond acceptors (Lipinski definition) is 3. The van der Waals surface area contributed by atoms with Gasteiger partial charge in [-0.2, -0.15) is 11.3 Å². The summed E-state index contributed by atoms with van der Waals surface area (Å²) in [4.78, 5) is 24.5. The zero-order valence-electron chi connectivity index (χ0n) is 9.84. The standard InChI is InChI=1S/C12H15NO3S/c1-7-5-17-6-10(7)11(14)13-3-9(4-13)8(2)12(15)16/h5-6,8-9H,3-4H2,1-2H3,(H,15,16). The summed E-state index contributed by atoms with van der Waals surface area (Å²) in [6, 6.07) is 0. The first-order chi connectivity index (χ1) is 8.00. The quantitative estimate of drug-likeness (QED) is 0.894. The van der Waals surface area contributed by atoms with E-state index in [0.717, 1.165) is 11.1 Å². The van der Waals surface area contributed by atoms with Crippen molar-refractivity contribution in [2.24, 2.45) is 11.8 Å². The lowest BCUT2D eigenvalue weighted by atomic mass is 9.86. The number of carbonyl (C=O) groups is 2. The summed E-state index contributed by atoms with van der Waals surface area (Å²) < 4.78 is 0.